The van der Waals surface area contributed by atoms with Crippen molar-refractivity contribution in [3.63, 3.8) is 0 Å². The van der Waals surface area contributed by atoms with Crippen molar-refractivity contribution in [3.05, 3.63) is 0 Å². The van der Waals surface area contributed by atoms with E-state index in [1.165, 1.54) is 77.4 Å². The maximum Gasteiger partial charge on any atom is 0.228 e. The second-order valence-corrected chi connectivity index (χ2v) is 31.4. The van der Waals surface area contributed by atoms with Crippen LogP contribution >= 0.6 is 0 Å². The predicted molar refractivity (Wildman–Crippen MR) is 342 cm³/mol. The number of nitrogens with zero attached hydrogens (tertiary/aromatic N) is 7. The zero-order valence-electron chi connectivity index (χ0n) is 58.1. The molecule has 0 radical (unpaired) electrons. The number of piperidine rings is 5. The summed E-state index contributed by atoms with van der Waals surface area (Å²) in [4.78, 5) is 72.2. The lowest BCUT2D eigenvalue weighted by atomic mass is 9.93. The zero-order chi connectivity index (χ0) is 64.5. The number of carbonyl (C=O) groups excluding carboxylic acids is 5. The molecule has 0 saturated carbocycles. The lowest BCUT2D eigenvalue weighted by Crippen LogP contribution is -2.45. The van der Waals surface area contributed by atoms with Gasteiger partial charge >= 0.3 is 0 Å². The second-order valence-electron chi connectivity index (χ2n) is 31.4. The van der Waals surface area contributed by atoms with Gasteiger partial charge < -0.3 is 34.1 Å². The molecular formula is C68H130F3N7O6. The van der Waals surface area contributed by atoms with Crippen LogP contribution in [0.3, 0.4) is 0 Å². The van der Waals surface area contributed by atoms with E-state index in [2.05, 4.69) is 44.4 Å². The topological polar surface area (TPSA) is 117 Å². The second kappa shape index (κ2) is 36.5. The number of halogens is 3. The molecule has 2 unspecified atom stereocenters. The van der Waals surface area contributed by atoms with Gasteiger partial charge in [0.25, 0.3) is 0 Å². The summed E-state index contributed by atoms with van der Waals surface area (Å²) in [6.07, 6.45) is 14.8. The van der Waals surface area contributed by atoms with E-state index in [4.69, 9.17) is 4.74 Å². The highest BCUT2D eigenvalue weighted by molar-refractivity contribution is 5.83. The van der Waals surface area contributed by atoms with Crippen molar-refractivity contribution in [2.75, 3.05) is 118 Å². The van der Waals surface area contributed by atoms with Gasteiger partial charge in [-0.05, 0) is 129 Å². The van der Waals surface area contributed by atoms with Crippen molar-refractivity contribution >= 4 is 29.5 Å². The third kappa shape index (κ3) is 34.0. The summed E-state index contributed by atoms with van der Waals surface area (Å²) in [5.74, 6) is 1.91. The first-order valence-corrected chi connectivity index (χ1v) is 33.0. The first kappa shape index (κ1) is 79.0. The Morgan fingerprint density at radius 1 is 0.393 bits per heavy atom. The lowest BCUT2D eigenvalue weighted by Gasteiger charge is -2.35. The minimum Gasteiger partial charge on any atom is -0.378 e. The van der Waals surface area contributed by atoms with Gasteiger partial charge in [0.05, 0.1) is 19.8 Å². The van der Waals surface area contributed by atoms with Gasteiger partial charge in [0.15, 0.2) is 0 Å². The molecule has 13 nitrogen and oxygen atoms in total. The molecule has 7 aliphatic rings. The fraction of sp³-hybridized carbons (Fsp3) is 0.926. The van der Waals surface area contributed by atoms with Crippen LogP contribution in [-0.4, -0.2) is 199 Å². The van der Waals surface area contributed by atoms with Crippen LogP contribution in [0.15, 0.2) is 0 Å². The highest BCUT2D eigenvalue weighted by Gasteiger charge is 2.39. The van der Waals surface area contributed by atoms with Gasteiger partial charge in [-0.25, -0.2) is 13.2 Å². The molecule has 84 heavy (non-hydrogen) atoms. The van der Waals surface area contributed by atoms with Crippen molar-refractivity contribution in [1.29, 1.82) is 0 Å². The van der Waals surface area contributed by atoms with Gasteiger partial charge in [-0.3, -0.25) is 28.9 Å². The molecule has 7 aliphatic heterocycles. The molecule has 7 fully saturated rings. The Morgan fingerprint density at radius 2 is 0.726 bits per heavy atom. The Kier molecular flexibility index (Phi) is 34.3. The third-order valence-electron chi connectivity index (χ3n) is 15.8. The number of morpholine rings is 1. The van der Waals surface area contributed by atoms with Gasteiger partial charge in [0, 0.05) is 113 Å². The van der Waals surface area contributed by atoms with Crippen molar-refractivity contribution in [1.82, 2.24) is 34.3 Å². The third-order valence-corrected chi connectivity index (χ3v) is 15.8. The van der Waals surface area contributed by atoms with Crippen LogP contribution in [0.4, 0.5) is 13.2 Å². The normalized spacial score (nSPS) is 23.6. The average molecular weight is 1200 g/mol. The van der Waals surface area contributed by atoms with Crippen molar-refractivity contribution in [2.45, 2.75) is 252 Å². The van der Waals surface area contributed by atoms with Gasteiger partial charge in [-0.1, -0.05) is 131 Å². The maximum absolute atomic E-state index is 13.5. The van der Waals surface area contributed by atoms with Crippen molar-refractivity contribution < 1.29 is 41.9 Å². The van der Waals surface area contributed by atoms with Crippen molar-refractivity contribution in [3.8, 4) is 0 Å². The Morgan fingerprint density at radius 3 is 1.08 bits per heavy atom. The van der Waals surface area contributed by atoms with Gasteiger partial charge in [-0.2, -0.15) is 0 Å². The van der Waals surface area contributed by atoms with Crippen LogP contribution in [0.25, 0.3) is 0 Å². The molecule has 0 N–H and O–H groups in total. The number of carbonyl (C=O) groups is 5. The van der Waals surface area contributed by atoms with E-state index in [-0.39, 0.29) is 52.3 Å². The molecule has 7 heterocycles. The Bertz CT molecular complexity index is 1840. The molecule has 7 saturated heterocycles. The van der Waals surface area contributed by atoms with Crippen LogP contribution in [-0.2, 0) is 28.7 Å². The monoisotopic (exact) mass is 1200 g/mol. The standard InChI is InChI=1S/2C10H18FNO.C10H20FN.C10H19NO.C10H21N.C9H17NO2.C9H17NO/c1-9(2,3)8(13)12-6-5-10(4,11)7-12;1-8(2)9(13)12-6-4-10(3,11)5-7-12;1-9(2)7-12-6-4-5-10(3,11)8-12;1-10(2,3)9(12)11-7-5-4-6-8-11;1-10(2,3)9-11-7-5-4-6-8-11;1-9(2,3)8(11)10-4-6-12-7-5-10;1-8(2)9(11)10-6-4-3-5-7-10/h5-7H2,1-4H3;8H,4-7H2,1-3H3;9H,4-8H2,1-3H3;4-8H2,1-3H3;4-9H2,1-3H3;4-7H2,1-3H3;8H,3-7H2,1-2H3. The summed E-state index contributed by atoms with van der Waals surface area (Å²) >= 11 is 0. The molecule has 0 aliphatic carbocycles. The molecule has 0 aromatic rings. The quantitative estimate of drug-likeness (QED) is 0.267. The fourth-order valence-corrected chi connectivity index (χ4v) is 11.2. The first-order valence-electron chi connectivity index (χ1n) is 33.0. The zero-order valence-corrected chi connectivity index (χ0v) is 58.1. The van der Waals surface area contributed by atoms with E-state index in [0.29, 0.717) is 81.8 Å². The molecule has 0 aromatic carbocycles. The summed E-state index contributed by atoms with van der Waals surface area (Å²) in [6, 6.07) is 0. The van der Waals surface area contributed by atoms with E-state index in [1.807, 2.05) is 105 Å². The largest absolute Gasteiger partial charge is 0.378 e. The van der Waals surface area contributed by atoms with Crippen molar-refractivity contribution in [2.24, 2.45) is 39.4 Å². The van der Waals surface area contributed by atoms with E-state index < -0.39 is 17.0 Å². The maximum atomic E-state index is 13.5. The van der Waals surface area contributed by atoms with E-state index in [1.54, 1.807) is 30.6 Å². The summed E-state index contributed by atoms with van der Waals surface area (Å²) in [7, 11) is 0. The minimum atomic E-state index is -1.18. The number of hydrogen-bond donors (Lipinski definition) is 0. The minimum absolute atomic E-state index is 0.0315. The van der Waals surface area contributed by atoms with E-state index in [0.717, 1.165) is 65.2 Å². The molecule has 0 spiro atoms. The highest BCUT2D eigenvalue weighted by atomic mass is 19.2. The SMILES string of the molecule is CC(C)(C)C(=O)N1CCCCC1.CC(C)(C)C(=O)N1CCOCC1.CC(C)(C)CN1CCCCC1.CC(C)C(=O)N1CCC(C)(F)CC1.CC(C)C(=O)N1CCCCC1.CC(C)CN1CCCC(C)(F)C1.CC1(F)CCN(C(=O)C(C)(C)C)C1. The number of alkyl halides is 3. The lowest BCUT2D eigenvalue weighted by molar-refractivity contribution is -0.143. The number of rotatable bonds is 5. The van der Waals surface area contributed by atoms with Crippen LogP contribution in [0.1, 0.15) is 235 Å². The first-order chi connectivity index (χ1) is 38.5. The highest BCUT2D eigenvalue weighted by Crippen LogP contribution is 2.30. The van der Waals surface area contributed by atoms with Gasteiger partial charge in [-0.15, -0.1) is 0 Å². The predicted octanol–water partition coefficient (Wildman–Crippen LogP) is 13.6. The Hall–Kier alpha value is -2.98. The molecule has 7 rings (SSSR count). The summed E-state index contributed by atoms with van der Waals surface area (Å²) < 4.78 is 45.5. The smallest absolute Gasteiger partial charge is 0.228 e. The molecule has 494 valence electrons. The summed E-state index contributed by atoms with van der Waals surface area (Å²) in [5, 5.41) is 0. The van der Waals surface area contributed by atoms with E-state index >= 15 is 0 Å². The number of hydrogen-bond acceptors (Lipinski definition) is 8. The molecular weight excluding hydrogens is 1070 g/mol. The van der Waals surface area contributed by atoms with Gasteiger partial charge in [0.1, 0.15) is 17.0 Å². The molecule has 16 heteroatoms. The number of ether oxygens (including phenoxy) is 1. The molecule has 5 amide bonds. The number of amides is 5. The van der Waals surface area contributed by atoms with E-state index in [9.17, 15) is 37.1 Å². The van der Waals surface area contributed by atoms with Crippen LogP contribution in [0.5, 0.6) is 0 Å². The Balaban J connectivity index is 0.000000490. The van der Waals surface area contributed by atoms with Crippen LogP contribution in [0.2, 0.25) is 0 Å². The summed E-state index contributed by atoms with van der Waals surface area (Å²) in [6.45, 7) is 56.7. The Labute approximate surface area is 513 Å². The molecule has 2 atom stereocenters. The fourth-order valence-electron chi connectivity index (χ4n) is 11.2. The molecule has 0 aromatic heterocycles. The van der Waals surface area contributed by atoms with Crippen LogP contribution in [0, 0.1) is 39.4 Å². The molecule has 0 bridgehead atoms. The summed E-state index contributed by atoms with van der Waals surface area (Å²) in [5.41, 5.74) is -3.53. The van der Waals surface area contributed by atoms with Gasteiger partial charge in [0.2, 0.25) is 29.5 Å². The average Bonchev–Trinajstić information content (AvgIpc) is 4.05. The number of likely N-dealkylation sites (tertiary alicyclic amines) is 6. The van der Waals surface area contributed by atoms with Crippen LogP contribution < -0.4 is 0 Å².